The van der Waals surface area contributed by atoms with Crippen LogP contribution in [-0.4, -0.2) is 41.6 Å². The van der Waals surface area contributed by atoms with Gasteiger partial charge in [0, 0.05) is 19.6 Å². The lowest BCUT2D eigenvalue weighted by molar-refractivity contribution is -0.144. The Kier molecular flexibility index (Phi) is 6.05. The highest BCUT2D eigenvalue weighted by Gasteiger charge is 2.32. The van der Waals surface area contributed by atoms with Crippen LogP contribution in [0.25, 0.3) is 0 Å². The maximum absolute atomic E-state index is 12.2. The first-order chi connectivity index (χ1) is 9.64. The number of urea groups is 1. The Balaban J connectivity index is 2.53. The van der Waals surface area contributed by atoms with Gasteiger partial charge in [-0.2, -0.15) is 0 Å². The molecule has 2 N–H and O–H groups in total. The van der Waals surface area contributed by atoms with Crippen molar-refractivity contribution in [2.45, 2.75) is 59.4 Å². The second-order valence-corrected chi connectivity index (χ2v) is 7.33. The second kappa shape index (κ2) is 7.14. The molecule has 1 aliphatic carbocycles. The first-order valence-electron chi connectivity index (χ1n) is 7.88. The normalized spacial score (nSPS) is 24.2. The summed E-state index contributed by atoms with van der Waals surface area (Å²) >= 11 is 0. The molecule has 2 amide bonds. The average Bonchev–Trinajstić information content (AvgIpc) is 2.42. The van der Waals surface area contributed by atoms with E-state index < -0.39 is 5.97 Å². The third kappa shape index (κ3) is 4.90. The van der Waals surface area contributed by atoms with Crippen molar-refractivity contribution in [3.05, 3.63) is 0 Å². The van der Waals surface area contributed by atoms with E-state index in [1.54, 1.807) is 11.9 Å². The Hall–Kier alpha value is -1.26. The molecule has 3 atom stereocenters. The molecule has 0 bridgehead atoms. The molecule has 1 rings (SSSR count). The summed E-state index contributed by atoms with van der Waals surface area (Å²) in [6.07, 6.45) is 3.64. The van der Waals surface area contributed by atoms with Gasteiger partial charge in [0.15, 0.2) is 0 Å². The highest BCUT2D eigenvalue weighted by Crippen LogP contribution is 2.30. The molecular weight excluding hydrogens is 268 g/mol. The lowest BCUT2D eigenvalue weighted by atomic mass is 9.79. The van der Waals surface area contributed by atoms with Crippen molar-refractivity contribution in [1.82, 2.24) is 10.2 Å². The molecule has 3 unspecified atom stereocenters. The molecule has 5 heteroatoms. The molecule has 122 valence electrons. The zero-order valence-corrected chi connectivity index (χ0v) is 14.0. The van der Waals surface area contributed by atoms with E-state index in [4.69, 9.17) is 0 Å². The van der Waals surface area contributed by atoms with Crippen LogP contribution in [0.2, 0.25) is 0 Å². The average molecular weight is 298 g/mol. The Bertz CT molecular complexity index is 376. The third-order valence-electron chi connectivity index (χ3n) is 4.90. The molecule has 0 radical (unpaired) electrons. The molecule has 0 aromatic heterocycles. The third-order valence-corrected chi connectivity index (χ3v) is 4.90. The summed E-state index contributed by atoms with van der Waals surface area (Å²) in [5.74, 6) is -0.992. The molecule has 1 saturated carbocycles. The smallest absolute Gasteiger partial charge is 0.317 e. The number of nitrogens with zero attached hydrogens (tertiary/aromatic N) is 1. The summed E-state index contributed by atoms with van der Waals surface area (Å²) in [7, 11) is 1.79. The van der Waals surface area contributed by atoms with Crippen LogP contribution in [0.15, 0.2) is 0 Å². The Morgan fingerprint density at radius 2 is 1.86 bits per heavy atom. The maximum Gasteiger partial charge on any atom is 0.317 e. The summed E-state index contributed by atoms with van der Waals surface area (Å²) in [5.41, 5.74) is 0.0144. The van der Waals surface area contributed by atoms with Crippen LogP contribution in [0.5, 0.6) is 0 Å². The summed E-state index contributed by atoms with van der Waals surface area (Å²) in [6, 6.07) is -0.00809. The first kappa shape index (κ1) is 17.8. The molecule has 0 saturated heterocycles. The van der Waals surface area contributed by atoms with E-state index in [1.807, 2.05) is 6.92 Å². The number of nitrogens with one attached hydrogen (secondary N) is 1. The van der Waals surface area contributed by atoms with Crippen molar-refractivity contribution in [2.24, 2.45) is 17.3 Å². The fourth-order valence-electron chi connectivity index (χ4n) is 2.88. The Labute approximate surface area is 128 Å². The van der Waals surface area contributed by atoms with Crippen molar-refractivity contribution in [3.63, 3.8) is 0 Å². The minimum absolute atomic E-state index is 0.0144. The van der Waals surface area contributed by atoms with E-state index >= 15 is 0 Å². The number of carboxylic acid groups (broad SMARTS) is 1. The van der Waals surface area contributed by atoms with Gasteiger partial charge >= 0.3 is 12.0 Å². The van der Waals surface area contributed by atoms with E-state index in [0.717, 1.165) is 25.7 Å². The van der Waals surface area contributed by atoms with Gasteiger partial charge < -0.3 is 15.3 Å². The van der Waals surface area contributed by atoms with E-state index in [1.165, 1.54) is 0 Å². The zero-order valence-electron chi connectivity index (χ0n) is 14.0. The molecule has 1 aliphatic rings. The van der Waals surface area contributed by atoms with Crippen molar-refractivity contribution in [1.29, 1.82) is 0 Å². The number of carbonyl (C=O) groups is 2. The van der Waals surface area contributed by atoms with E-state index in [-0.39, 0.29) is 29.3 Å². The highest BCUT2D eigenvalue weighted by molar-refractivity contribution is 5.74. The number of amides is 2. The number of carboxylic acids is 1. The van der Waals surface area contributed by atoms with E-state index in [2.05, 4.69) is 26.1 Å². The largest absolute Gasteiger partial charge is 0.481 e. The van der Waals surface area contributed by atoms with E-state index in [9.17, 15) is 14.7 Å². The fraction of sp³-hybridized carbons (Fsp3) is 0.875. The summed E-state index contributed by atoms with van der Waals surface area (Å²) in [5, 5.41) is 12.2. The monoisotopic (exact) mass is 298 g/mol. The molecule has 0 heterocycles. The molecule has 21 heavy (non-hydrogen) atoms. The maximum atomic E-state index is 12.2. The fourth-order valence-corrected chi connectivity index (χ4v) is 2.88. The van der Waals surface area contributed by atoms with Gasteiger partial charge in [0.05, 0.1) is 5.92 Å². The predicted molar refractivity (Wildman–Crippen MR) is 83.2 cm³/mol. The van der Waals surface area contributed by atoms with Gasteiger partial charge in [0.2, 0.25) is 0 Å². The molecule has 1 fully saturated rings. The van der Waals surface area contributed by atoms with Crippen LogP contribution in [0.1, 0.15) is 53.4 Å². The topological polar surface area (TPSA) is 69.6 Å². The number of rotatable bonds is 4. The minimum atomic E-state index is -0.731. The van der Waals surface area contributed by atoms with Crippen LogP contribution >= 0.6 is 0 Å². The van der Waals surface area contributed by atoms with Crippen LogP contribution in [0.4, 0.5) is 4.79 Å². The SMILES string of the molecule is CC(N(C)C(=O)NCC1CCCCC1C(=O)O)C(C)(C)C. The van der Waals surface area contributed by atoms with Gasteiger partial charge in [-0.25, -0.2) is 4.79 Å². The van der Waals surface area contributed by atoms with Crippen LogP contribution in [0.3, 0.4) is 0 Å². The van der Waals surface area contributed by atoms with Crippen molar-refractivity contribution in [3.8, 4) is 0 Å². The number of hydrogen-bond donors (Lipinski definition) is 2. The van der Waals surface area contributed by atoms with Gasteiger partial charge in [0.25, 0.3) is 0 Å². The van der Waals surface area contributed by atoms with Gasteiger partial charge in [-0.1, -0.05) is 33.6 Å². The Morgan fingerprint density at radius 1 is 1.29 bits per heavy atom. The molecule has 0 spiro atoms. The van der Waals surface area contributed by atoms with E-state index in [0.29, 0.717) is 6.54 Å². The first-order valence-corrected chi connectivity index (χ1v) is 7.88. The number of carbonyl (C=O) groups excluding carboxylic acids is 1. The van der Waals surface area contributed by atoms with Crippen LogP contribution < -0.4 is 5.32 Å². The lowest BCUT2D eigenvalue weighted by Crippen LogP contribution is -2.49. The molecule has 0 aromatic rings. The lowest BCUT2D eigenvalue weighted by Gasteiger charge is -2.36. The standard InChI is InChI=1S/C16H30N2O3/c1-11(16(2,3)4)18(5)15(21)17-10-12-8-6-7-9-13(12)14(19)20/h11-13H,6-10H2,1-5H3,(H,17,21)(H,19,20). The van der Waals surface area contributed by atoms with Gasteiger partial charge in [-0.05, 0) is 31.1 Å². The Morgan fingerprint density at radius 3 is 2.38 bits per heavy atom. The summed E-state index contributed by atoms with van der Waals surface area (Å²) in [6.45, 7) is 8.78. The van der Waals surface area contributed by atoms with Crippen molar-refractivity contribution in [2.75, 3.05) is 13.6 Å². The minimum Gasteiger partial charge on any atom is -0.481 e. The van der Waals surface area contributed by atoms with Gasteiger partial charge in [-0.3, -0.25) is 4.79 Å². The molecular formula is C16H30N2O3. The zero-order chi connectivity index (χ0) is 16.2. The van der Waals surface area contributed by atoms with Crippen LogP contribution in [0, 0.1) is 17.3 Å². The summed E-state index contributed by atoms with van der Waals surface area (Å²) in [4.78, 5) is 25.2. The summed E-state index contributed by atoms with van der Waals surface area (Å²) < 4.78 is 0. The number of aliphatic carboxylic acids is 1. The molecule has 0 aliphatic heterocycles. The highest BCUT2D eigenvalue weighted by atomic mass is 16.4. The predicted octanol–water partition coefficient (Wildman–Crippen LogP) is 2.95. The second-order valence-electron chi connectivity index (χ2n) is 7.33. The quantitative estimate of drug-likeness (QED) is 0.838. The van der Waals surface area contributed by atoms with Crippen molar-refractivity contribution < 1.29 is 14.7 Å². The van der Waals surface area contributed by atoms with Gasteiger partial charge in [-0.15, -0.1) is 0 Å². The van der Waals surface area contributed by atoms with Gasteiger partial charge in [0.1, 0.15) is 0 Å². The molecule has 0 aromatic carbocycles. The molecule has 5 nitrogen and oxygen atoms in total. The van der Waals surface area contributed by atoms with Crippen molar-refractivity contribution >= 4 is 12.0 Å². The number of hydrogen-bond acceptors (Lipinski definition) is 2. The van der Waals surface area contributed by atoms with Crippen LogP contribution in [-0.2, 0) is 4.79 Å².